The maximum absolute atomic E-state index is 8.49. The van der Waals surface area contributed by atoms with Gasteiger partial charge in [0.25, 0.3) is 0 Å². The Morgan fingerprint density at radius 2 is 0.828 bits per heavy atom. The Hall–Kier alpha value is -1.12. The minimum atomic E-state index is -4.94. The smallest absolute Gasteiger partial charge is 0.356 e. The van der Waals surface area contributed by atoms with E-state index in [9.17, 15) is 0 Å². The van der Waals surface area contributed by atoms with Gasteiger partial charge >= 0.3 is 16.8 Å². The van der Waals surface area contributed by atoms with Gasteiger partial charge in [0, 0.05) is 52.4 Å². The van der Waals surface area contributed by atoms with Crippen molar-refractivity contribution in [2.24, 2.45) is 0 Å². The second-order valence-corrected chi connectivity index (χ2v) is 6.12. The summed E-state index contributed by atoms with van der Waals surface area (Å²) in [6, 6.07) is 0. The zero-order valence-corrected chi connectivity index (χ0v) is 17.2. The molecule has 0 aromatic carbocycles. The van der Waals surface area contributed by atoms with Crippen LogP contribution in [-0.2, 0) is 16.8 Å². The van der Waals surface area contributed by atoms with Gasteiger partial charge in [0.1, 0.15) is 0 Å². The van der Waals surface area contributed by atoms with Crippen LogP contribution >= 0.6 is 0 Å². The van der Waals surface area contributed by atoms with Crippen molar-refractivity contribution in [2.45, 2.75) is 6.42 Å². The van der Waals surface area contributed by atoms with E-state index in [-0.39, 0.29) is 16.8 Å². The van der Waals surface area contributed by atoms with E-state index in [1.165, 1.54) is 45.7 Å². The fourth-order valence-electron chi connectivity index (χ4n) is 2.39. The molecule has 2 fully saturated rings. The van der Waals surface area contributed by atoms with E-state index in [0.717, 1.165) is 26.2 Å². The van der Waals surface area contributed by atoms with Gasteiger partial charge < -0.3 is 51.1 Å². The van der Waals surface area contributed by atoms with Gasteiger partial charge in [0.2, 0.25) is 0 Å². The second-order valence-electron chi connectivity index (χ2n) is 5.36. The molecule has 0 aliphatic carbocycles. The minimum Gasteiger partial charge on any atom is -0.356 e. The van der Waals surface area contributed by atoms with Gasteiger partial charge in [-0.05, 0) is 19.5 Å². The SMILES string of the molecule is C1CN2CCNCCN(C1)CCNCC2.O=[N+]([O-])[O-].O=[N+]([O-])[O-].[Co+3].[O-][Cl+3]([O-])([O-])[O-]. The summed E-state index contributed by atoms with van der Waals surface area (Å²) in [5.41, 5.74) is 0. The molecule has 0 aromatic rings. The molecule has 0 radical (unpaired) electrons. The van der Waals surface area contributed by atoms with E-state index in [4.69, 9.17) is 49.3 Å². The first-order valence-corrected chi connectivity index (χ1v) is 9.26. The van der Waals surface area contributed by atoms with Gasteiger partial charge in [-0.1, -0.05) is 0 Å². The molecule has 0 saturated carbocycles. The molecule has 2 rings (SSSR count). The minimum absolute atomic E-state index is 0. The predicted octanol–water partition coefficient (Wildman–Crippen LogP) is -6.05. The number of fused-ring (bicyclic) bond motifs is 4. The zero-order chi connectivity index (χ0) is 22.0. The first-order valence-electron chi connectivity index (χ1n) is 8.02. The molecule has 29 heavy (non-hydrogen) atoms. The van der Waals surface area contributed by atoms with E-state index < -0.39 is 20.4 Å². The second kappa shape index (κ2) is 20.2. The molecule has 2 saturated heterocycles. The van der Waals surface area contributed by atoms with E-state index in [1.54, 1.807) is 0 Å². The fourth-order valence-corrected chi connectivity index (χ4v) is 2.39. The van der Waals surface area contributed by atoms with Crippen molar-refractivity contribution in [3.63, 3.8) is 0 Å². The quantitative estimate of drug-likeness (QED) is 0.234. The molecule has 2 N–H and O–H groups in total. The summed E-state index contributed by atoms with van der Waals surface area (Å²) in [7, 11) is -4.94. The molecule has 18 heteroatoms. The first-order chi connectivity index (χ1) is 12.9. The summed E-state index contributed by atoms with van der Waals surface area (Å²) in [4.78, 5) is 21.7. The summed E-state index contributed by atoms with van der Waals surface area (Å²) < 4.78 is 34.0. The molecule has 174 valence electrons. The third-order valence-corrected chi connectivity index (χ3v) is 3.37. The monoisotopic (exact) mass is 494 g/mol. The predicted molar refractivity (Wildman–Crippen MR) is 84.0 cm³/mol. The largest absolute Gasteiger partial charge is 3.00 e. The molecule has 0 atom stereocenters. The van der Waals surface area contributed by atoms with Crippen LogP contribution in [0.1, 0.15) is 6.42 Å². The molecule has 0 aromatic heterocycles. The third kappa shape index (κ3) is 38.2. The van der Waals surface area contributed by atoms with Crippen molar-refractivity contribution in [2.75, 3.05) is 65.4 Å². The van der Waals surface area contributed by atoms with Crippen molar-refractivity contribution in [1.29, 1.82) is 0 Å². The van der Waals surface area contributed by atoms with Crippen LogP contribution in [0.3, 0.4) is 0 Å². The first kappa shape index (κ1) is 32.5. The molecular weight excluding hydrogens is 471 g/mol. The molecule has 16 nitrogen and oxygen atoms in total. The van der Waals surface area contributed by atoms with Crippen molar-refractivity contribution in [3.8, 4) is 0 Å². The standard InChI is InChI=1S/C11H24N4.ClHO4.Co.2NO3/c1-6-14-8-2-12-3-9-15(7-1)11-5-13-4-10-14;2-1(3,4)5;;2*2-1(3)4/h12-13H,1-11H2;(H,2,3,4,5);;;/q;;+3;2*-1/p-1. The summed E-state index contributed by atoms with van der Waals surface area (Å²) in [5.74, 6) is 0. The number of nitrogens with one attached hydrogen (secondary N) is 2. The van der Waals surface area contributed by atoms with Crippen molar-refractivity contribution >= 4 is 0 Å². The summed E-state index contributed by atoms with van der Waals surface area (Å²) in [6.45, 7) is 12.0. The maximum atomic E-state index is 8.49. The van der Waals surface area contributed by atoms with Crippen LogP contribution in [0.5, 0.6) is 0 Å². The molecule has 2 bridgehead atoms. The Morgan fingerprint density at radius 1 is 0.621 bits per heavy atom. The fraction of sp³-hybridized carbons (Fsp3) is 1.00. The normalized spacial score (nSPS) is 21.9. The Morgan fingerprint density at radius 3 is 1.03 bits per heavy atom. The van der Waals surface area contributed by atoms with E-state index >= 15 is 0 Å². The number of hydrogen-bond donors (Lipinski definition) is 2. The van der Waals surface area contributed by atoms with Crippen molar-refractivity contribution < 1.29 is 55.8 Å². The number of hydrogen-bond acceptors (Lipinski definition) is 14. The van der Waals surface area contributed by atoms with Crippen LogP contribution < -0.4 is 29.3 Å². The van der Waals surface area contributed by atoms with Crippen molar-refractivity contribution in [1.82, 2.24) is 20.4 Å². The maximum Gasteiger partial charge on any atom is 3.00 e. The summed E-state index contributed by atoms with van der Waals surface area (Å²) >= 11 is 0. The Bertz CT molecular complexity index is 366. The molecule has 0 spiro atoms. The van der Waals surface area contributed by atoms with Gasteiger partial charge in [-0.2, -0.15) is 0 Å². The number of rotatable bonds is 0. The van der Waals surface area contributed by atoms with Gasteiger partial charge in [-0.3, -0.25) is 0 Å². The van der Waals surface area contributed by atoms with Crippen LogP contribution in [0.4, 0.5) is 0 Å². The zero-order valence-electron chi connectivity index (χ0n) is 15.4. The van der Waals surface area contributed by atoms with E-state index in [1.807, 2.05) is 0 Å². The van der Waals surface area contributed by atoms with Gasteiger partial charge in [0.15, 0.2) is 0 Å². The van der Waals surface area contributed by atoms with Crippen LogP contribution in [0, 0.1) is 40.9 Å². The van der Waals surface area contributed by atoms with Crippen LogP contribution in [0.15, 0.2) is 0 Å². The Labute approximate surface area is 179 Å². The molecule has 0 unspecified atom stereocenters. The van der Waals surface area contributed by atoms with E-state index in [0.29, 0.717) is 0 Å². The average molecular weight is 495 g/mol. The third-order valence-electron chi connectivity index (χ3n) is 3.37. The molecule has 2 heterocycles. The summed E-state index contributed by atoms with van der Waals surface area (Å²) in [5, 5.41) is 36.6. The van der Waals surface area contributed by atoms with Gasteiger partial charge in [-0.25, -0.2) is 18.6 Å². The molecule has 2 aliphatic rings. The number of nitrogens with zero attached hydrogens (tertiary/aromatic N) is 4. The summed E-state index contributed by atoms with van der Waals surface area (Å²) in [6.07, 6.45) is 1.33. The van der Waals surface area contributed by atoms with E-state index in [2.05, 4.69) is 20.4 Å². The average Bonchev–Trinajstić information content (AvgIpc) is 2.50. The molecule has 0 amide bonds. The van der Waals surface area contributed by atoms with Crippen LogP contribution in [0.25, 0.3) is 0 Å². The Kier molecular flexibility index (Phi) is 22.6. The van der Waals surface area contributed by atoms with Crippen LogP contribution in [0.2, 0.25) is 0 Å². The van der Waals surface area contributed by atoms with Crippen molar-refractivity contribution in [3.05, 3.63) is 30.6 Å². The Balaban J connectivity index is -0.000000403. The van der Waals surface area contributed by atoms with Gasteiger partial charge in [-0.15, -0.1) is 10.2 Å². The number of halogens is 1. The molecule has 2 aliphatic heterocycles. The molecular formula is C11H24ClCoN6O10. The van der Waals surface area contributed by atoms with Gasteiger partial charge in [0.05, 0.1) is 10.2 Å². The topological polar surface area (TPSA) is 255 Å². The van der Waals surface area contributed by atoms with Crippen LogP contribution in [-0.4, -0.2) is 85.4 Å².